The van der Waals surface area contributed by atoms with Gasteiger partial charge in [0, 0.05) is 59.5 Å². The molecule has 47 heavy (non-hydrogen) atoms. The Morgan fingerprint density at radius 2 is 1.68 bits per heavy atom. The minimum Gasteiger partial charge on any atom is -0.497 e. The van der Waals surface area contributed by atoms with Crippen LogP contribution in [0.3, 0.4) is 0 Å². The van der Waals surface area contributed by atoms with Crippen molar-refractivity contribution < 1.29 is 32.5 Å². The number of ether oxygens (including phenoxy) is 2. The van der Waals surface area contributed by atoms with Crippen LogP contribution in [0.4, 0.5) is 18.9 Å². The molecule has 0 aliphatic carbocycles. The Morgan fingerprint density at radius 1 is 1.00 bits per heavy atom. The molecule has 1 aromatic heterocycles. The van der Waals surface area contributed by atoms with E-state index in [0.717, 1.165) is 70.8 Å². The van der Waals surface area contributed by atoms with E-state index in [1.54, 1.807) is 18.9 Å². The molecule has 1 fully saturated rings. The lowest BCUT2D eigenvalue weighted by Crippen LogP contribution is -2.46. The number of benzene rings is 3. The Kier molecular flexibility index (Phi) is 11.0. The third-order valence-corrected chi connectivity index (χ3v) is 10.4. The van der Waals surface area contributed by atoms with Gasteiger partial charge in [-0.2, -0.15) is 13.2 Å². The Balaban J connectivity index is 1.34. The van der Waals surface area contributed by atoms with Crippen LogP contribution in [0.15, 0.2) is 71.6 Å². The molecule has 1 aliphatic heterocycles. The predicted octanol–water partition coefficient (Wildman–Crippen LogP) is 8.43. The summed E-state index contributed by atoms with van der Waals surface area (Å²) in [6.07, 6.45) is -5.36. The standard InChI is InChI=1S/C35H38F3N3O4S2/c1-22(2)29-19-28(13-14-31(29)45-23(3)34(42)43)46-21-32-30(39-33(47-32)24-5-7-25(8-6-24)35(36,37)38)20-40-15-17-41(18-16-40)26-9-11-27(44-4)12-10-26/h5-14,19,22-23H,15-18,20-21H2,1-4H3,(H,42,43). The maximum Gasteiger partial charge on any atom is 0.416 e. The van der Waals surface area contributed by atoms with Crippen LogP contribution < -0.4 is 14.4 Å². The topological polar surface area (TPSA) is 75.1 Å². The summed E-state index contributed by atoms with van der Waals surface area (Å²) < 4.78 is 50.7. The fourth-order valence-electron chi connectivity index (χ4n) is 5.28. The highest BCUT2D eigenvalue weighted by molar-refractivity contribution is 7.98. The van der Waals surface area contributed by atoms with E-state index >= 15 is 0 Å². The van der Waals surface area contributed by atoms with E-state index in [2.05, 4.69) is 21.9 Å². The van der Waals surface area contributed by atoms with Gasteiger partial charge in [0.1, 0.15) is 16.5 Å². The second-order valence-corrected chi connectivity index (χ2v) is 13.8. The van der Waals surface area contributed by atoms with Gasteiger partial charge >= 0.3 is 12.1 Å². The smallest absolute Gasteiger partial charge is 0.416 e. The van der Waals surface area contributed by atoms with Crippen molar-refractivity contribution in [3.05, 3.63) is 88.4 Å². The number of carbonyl (C=O) groups is 1. The highest BCUT2D eigenvalue weighted by atomic mass is 32.2. The molecule has 0 radical (unpaired) electrons. The molecule has 2 heterocycles. The minimum atomic E-state index is -4.40. The highest BCUT2D eigenvalue weighted by Crippen LogP contribution is 2.38. The van der Waals surface area contributed by atoms with Gasteiger partial charge in [-0.3, -0.25) is 4.90 Å². The molecular weight excluding hydrogens is 648 g/mol. The molecule has 7 nitrogen and oxygen atoms in total. The largest absolute Gasteiger partial charge is 0.497 e. The van der Waals surface area contributed by atoms with Crippen molar-refractivity contribution in [2.24, 2.45) is 0 Å². The van der Waals surface area contributed by atoms with Crippen LogP contribution in [0.2, 0.25) is 0 Å². The van der Waals surface area contributed by atoms with Crippen LogP contribution in [-0.2, 0) is 23.3 Å². The first kappa shape index (κ1) is 34.6. The van der Waals surface area contributed by atoms with E-state index in [1.165, 1.54) is 30.4 Å². The quantitative estimate of drug-likeness (QED) is 0.149. The van der Waals surface area contributed by atoms with Gasteiger partial charge in [0.15, 0.2) is 6.10 Å². The molecule has 250 valence electrons. The summed E-state index contributed by atoms with van der Waals surface area (Å²) >= 11 is 3.15. The number of piperazine rings is 1. The lowest BCUT2D eigenvalue weighted by atomic mass is 10.0. The zero-order chi connectivity index (χ0) is 33.7. The second kappa shape index (κ2) is 15.0. The molecule has 1 atom stereocenters. The number of nitrogens with zero attached hydrogens (tertiary/aromatic N) is 3. The summed E-state index contributed by atoms with van der Waals surface area (Å²) in [5.74, 6) is 1.09. The van der Waals surface area contributed by atoms with Gasteiger partial charge in [0.25, 0.3) is 0 Å². The van der Waals surface area contributed by atoms with Crippen molar-refractivity contribution in [3.63, 3.8) is 0 Å². The monoisotopic (exact) mass is 685 g/mol. The summed E-state index contributed by atoms with van der Waals surface area (Å²) in [7, 11) is 1.65. The van der Waals surface area contributed by atoms with Crippen molar-refractivity contribution in [1.29, 1.82) is 0 Å². The Bertz CT molecular complexity index is 1650. The number of rotatable bonds is 12. The number of alkyl halides is 3. The Hall–Kier alpha value is -3.74. The Labute approximate surface area is 281 Å². The molecule has 3 aromatic carbocycles. The van der Waals surface area contributed by atoms with E-state index in [4.69, 9.17) is 14.5 Å². The van der Waals surface area contributed by atoms with Crippen molar-refractivity contribution >= 4 is 34.8 Å². The molecule has 1 unspecified atom stereocenters. The highest BCUT2D eigenvalue weighted by Gasteiger charge is 2.30. The van der Waals surface area contributed by atoms with Crippen molar-refractivity contribution in [3.8, 4) is 22.1 Å². The van der Waals surface area contributed by atoms with E-state index in [1.807, 2.05) is 44.2 Å². The molecule has 0 saturated carbocycles. The summed E-state index contributed by atoms with van der Waals surface area (Å²) in [5, 5.41) is 9.99. The van der Waals surface area contributed by atoms with Crippen LogP contribution in [0, 0.1) is 0 Å². The van der Waals surface area contributed by atoms with Gasteiger partial charge in [-0.1, -0.05) is 26.0 Å². The molecule has 0 bridgehead atoms. The maximum atomic E-state index is 13.2. The molecule has 4 aromatic rings. The number of aliphatic carboxylic acids is 1. The maximum absolute atomic E-state index is 13.2. The van der Waals surface area contributed by atoms with E-state index in [-0.39, 0.29) is 5.92 Å². The molecule has 1 saturated heterocycles. The summed E-state index contributed by atoms with van der Waals surface area (Å²) in [5.41, 5.74) is 2.97. The molecule has 0 amide bonds. The van der Waals surface area contributed by atoms with Crippen molar-refractivity contribution in [1.82, 2.24) is 9.88 Å². The first-order valence-electron chi connectivity index (χ1n) is 15.3. The third kappa shape index (κ3) is 8.79. The number of hydrogen-bond donors (Lipinski definition) is 1. The van der Waals surface area contributed by atoms with Crippen molar-refractivity contribution in [2.45, 2.75) is 56.2 Å². The number of aromatic nitrogens is 1. The second-order valence-electron chi connectivity index (χ2n) is 11.7. The number of carboxylic acids is 1. The SMILES string of the molecule is COc1ccc(N2CCN(Cc3nc(-c4ccc(C(F)(F)F)cc4)sc3CSc3ccc(OC(C)C(=O)O)c(C(C)C)c3)CC2)cc1. The van der Waals surface area contributed by atoms with Crippen LogP contribution in [0.25, 0.3) is 10.6 Å². The van der Waals surface area contributed by atoms with Crippen LogP contribution in [0.1, 0.15) is 48.4 Å². The number of thioether (sulfide) groups is 1. The fraction of sp³-hybridized carbons (Fsp3) is 0.371. The van der Waals surface area contributed by atoms with Gasteiger partial charge in [-0.15, -0.1) is 23.1 Å². The molecule has 1 N–H and O–H groups in total. The van der Waals surface area contributed by atoms with Crippen LogP contribution >= 0.6 is 23.1 Å². The van der Waals surface area contributed by atoms with E-state index in [9.17, 15) is 23.1 Å². The lowest BCUT2D eigenvalue weighted by Gasteiger charge is -2.36. The fourth-order valence-corrected chi connectivity index (χ4v) is 7.40. The average Bonchev–Trinajstić information content (AvgIpc) is 3.46. The number of anilines is 1. The lowest BCUT2D eigenvalue weighted by molar-refractivity contribution is -0.144. The summed E-state index contributed by atoms with van der Waals surface area (Å²) in [6.45, 7) is 9.63. The average molecular weight is 686 g/mol. The molecule has 5 rings (SSSR count). The zero-order valence-corrected chi connectivity index (χ0v) is 28.3. The number of thiazole rings is 1. The zero-order valence-electron chi connectivity index (χ0n) is 26.7. The molecule has 1 aliphatic rings. The predicted molar refractivity (Wildman–Crippen MR) is 181 cm³/mol. The van der Waals surface area contributed by atoms with Gasteiger partial charge in [0.2, 0.25) is 0 Å². The first-order valence-corrected chi connectivity index (χ1v) is 17.1. The third-order valence-electron chi connectivity index (χ3n) is 8.05. The Morgan fingerprint density at radius 3 is 2.28 bits per heavy atom. The van der Waals surface area contributed by atoms with Gasteiger partial charge < -0.3 is 19.5 Å². The molecule has 12 heteroatoms. The molecule has 0 spiro atoms. The van der Waals surface area contributed by atoms with Crippen molar-refractivity contribution in [2.75, 3.05) is 38.2 Å². The van der Waals surface area contributed by atoms with Crippen LogP contribution in [-0.4, -0.2) is 60.4 Å². The summed E-state index contributed by atoms with van der Waals surface area (Å²) in [4.78, 5) is 23.1. The number of carboxylic acid groups (broad SMARTS) is 1. The van der Waals surface area contributed by atoms with Gasteiger partial charge in [-0.25, -0.2) is 9.78 Å². The minimum absolute atomic E-state index is 0.119. The normalized spacial score (nSPS) is 14.8. The van der Waals surface area contributed by atoms with Gasteiger partial charge in [0.05, 0.1) is 18.4 Å². The molecular formula is C35H38F3N3O4S2. The van der Waals surface area contributed by atoms with Crippen LogP contribution in [0.5, 0.6) is 11.5 Å². The van der Waals surface area contributed by atoms with Gasteiger partial charge in [-0.05, 0) is 73.0 Å². The van der Waals surface area contributed by atoms with E-state index < -0.39 is 23.8 Å². The first-order chi connectivity index (χ1) is 22.4. The number of hydrogen-bond acceptors (Lipinski definition) is 8. The van der Waals surface area contributed by atoms with E-state index in [0.29, 0.717) is 28.6 Å². The number of methoxy groups -OCH3 is 1. The summed E-state index contributed by atoms with van der Waals surface area (Å²) in [6, 6.07) is 19.0. The number of halogens is 3.